The lowest BCUT2D eigenvalue weighted by Crippen LogP contribution is -1.99. The highest BCUT2D eigenvalue weighted by molar-refractivity contribution is 6.36. The number of halogens is 3. The van der Waals surface area contributed by atoms with E-state index in [1.165, 1.54) is 6.33 Å². The van der Waals surface area contributed by atoms with Gasteiger partial charge in [-0.1, -0.05) is 34.8 Å². The molecule has 2 aromatic rings. The summed E-state index contributed by atoms with van der Waals surface area (Å²) in [6.07, 6.45) is 1.26. The first-order valence-electron chi connectivity index (χ1n) is 4.74. The molecular formula is C11H5Cl3N4. The van der Waals surface area contributed by atoms with Gasteiger partial charge in [-0.05, 0) is 18.2 Å². The number of nitriles is 1. The summed E-state index contributed by atoms with van der Waals surface area (Å²) in [5.74, 6) is 0.293. The number of rotatable bonds is 2. The Kier molecular flexibility index (Phi) is 3.87. The fraction of sp³-hybridized carbons (Fsp3) is 0. The van der Waals surface area contributed by atoms with Crippen LogP contribution in [0.15, 0.2) is 24.5 Å². The standard InChI is InChI=1S/C11H5Cl3N4/c12-6-1-2-9(8(13)3-6)18-11-7(4-15)10(14)16-5-17-11/h1-3,5H,(H,16,17,18). The summed E-state index contributed by atoms with van der Waals surface area (Å²) in [5.41, 5.74) is 0.734. The lowest BCUT2D eigenvalue weighted by Gasteiger charge is -2.09. The first kappa shape index (κ1) is 12.9. The average molecular weight is 300 g/mol. The summed E-state index contributed by atoms with van der Waals surface area (Å²) in [4.78, 5) is 7.67. The number of hydrogen-bond donors (Lipinski definition) is 1. The zero-order chi connectivity index (χ0) is 13.1. The van der Waals surface area contributed by atoms with Crippen molar-refractivity contribution >= 4 is 46.3 Å². The summed E-state index contributed by atoms with van der Waals surface area (Å²) in [7, 11) is 0. The first-order valence-corrected chi connectivity index (χ1v) is 5.88. The minimum Gasteiger partial charge on any atom is -0.338 e. The van der Waals surface area contributed by atoms with Crippen LogP contribution in [0.4, 0.5) is 11.5 Å². The fourth-order valence-electron chi connectivity index (χ4n) is 1.28. The summed E-state index contributed by atoms with van der Waals surface area (Å²) in [5, 5.41) is 12.9. The number of anilines is 2. The van der Waals surface area contributed by atoms with E-state index in [-0.39, 0.29) is 10.7 Å². The van der Waals surface area contributed by atoms with Crippen LogP contribution in [0.3, 0.4) is 0 Å². The number of benzene rings is 1. The topological polar surface area (TPSA) is 61.6 Å². The molecule has 0 spiro atoms. The Morgan fingerprint density at radius 2 is 1.94 bits per heavy atom. The SMILES string of the molecule is N#Cc1c(Cl)ncnc1Nc1ccc(Cl)cc1Cl. The largest absolute Gasteiger partial charge is 0.338 e. The Morgan fingerprint density at radius 3 is 2.61 bits per heavy atom. The van der Waals surface area contributed by atoms with Gasteiger partial charge in [0.1, 0.15) is 18.0 Å². The molecule has 0 amide bonds. The summed E-state index contributed by atoms with van der Waals surface area (Å²) < 4.78 is 0. The normalized spacial score (nSPS) is 9.89. The molecule has 90 valence electrons. The molecule has 0 unspecified atom stereocenters. The zero-order valence-corrected chi connectivity index (χ0v) is 11.1. The molecule has 0 aliphatic heterocycles. The Hall–Kier alpha value is -1.54. The second kappa shape index (κ2) is 5.40. The maximum atomic E-state index is 8.98. The number of nitrogens with zero attached hydrogens (tertiary/aromatic N) is 3. The third kappa shape index (κ3) is 2.65. The molecule has 18 heavy (non-hydrogen) atoms. The summed E-state index contributed by atoms with van der Waals surface area (Å²) in [6.45, 7) is 0. The zero-order valence-electron chi connectivity index (χ0n) is 8.78. The van der Waals surface area contributed by atoms with Crippen molar-refractivity contribution in [3.8, 4) is 6.07 Å². The second-order valence-corrected chi connectivity index (χ2v) is 4.45. The van der Waals surface area contributed by atoms with Crippen LogP contribution in [0.1, 0.15) is 5.56 Å². The Labute approximate surface area is 118 Å². The molecule has 4 nitrogen and oxygen atoms in total. The average Bonchev–Trinajstić information content (AvgIpc) is 2.33. The summed E-state index contributed by atoms with van der Waals surface area (Å²) in [6, 6.07) is 6.86. The summed E-state index contributed by atoms with van der Waals surface area (Å²) >= 11 is 17.6. The lowest BCUT2D eigenvalue weighted by molar-refractivity contribution is 1.15. The van der Waals surface area contributed by atoms with Gasteiger partial charge in [0.15, 0.2) is 11.0 Å². The Morgan fingerprint density at radius 1 is 1.17 bits per heavy atom. The molecule has 1 heterocycles. The molecular weight excluding hydrogens is 295 g/mol. The van der Waals surface area contributed by atoms with Gasteiger partial charge in [0.05, 0.1) is 10.7 Å². The number of nitrogens with one attached hydrogen (secondary N) is 1. The molecule has 1 aromatic heterocycles. The van der Waals surface area contributed by atoms with E-state index in [0.717, 1.165) is 0 Å². The van der Waals surface area contributed by atoms with Gasteiger partial charge < -0.3 is 5.32 Å². The van der Waals surface area contributed by atoms with Crippen LogP contribution in [-0.2, 0) is 0 Å². The van der Waals surface area contributed by atoms with E-state index < -0.39 is 0 Å². The van der Waals surface area contributed by atoms with Crippen molar-refractivity contribution in [3.63, 3.8) is 0 Å². The fourth-order valence-corrected chi connectivity index (χ4v) is 1.91. The molecule has 7 heteroatoms. The molecule has 1 aromatic carbocycles. The number of hydrogen-bond acceptors (Lipinski definition) is 4. The highest BCUT2D eigenvalue weighted by atomic mass is 35.5. The molecule has 1 N–H and O–H groups in total. The molecule has 0 saturated carbocycles. The van der Waals surface area contributed by atoms with Gasteiger partial charge in [0.2, 0.25) is 0 Å². The molecule has 0 aliphatic rings. The lowest BCUT2D eigenvalue weighted by atomic mass is 10.3. The maximum Gasteiger partial charge on any atom is 0.153 e. The quantitative estimate of drug-likeness (QED) is 0.850. The second-order valence-electron chi connectivity index (χ2n) is 3.25. The van der Waals surface area contributed by atoms with Gasteiger partial charge in [-0.3, -0.25) is 0 Å². The van der Waals surface area contributed by atoms with Crippen molar-refractivity contribution in [2.75, 3.05) is 5.32 Å². The minimum absolute atomic E-state index is 0.0834. The highest BCUT2D eigenvalue weighted by Crippen LogP contribution is 2.29. The monoisotopic (exact) mass is 298 g/mol. The van der Waals surface area contributed by atoms with E-state index in [1.807, 2.05) is 6.07 Å². The smallest absolute Gasteiger partial charge is 0.153 e. The Bertz CT molecular complexity index is 637. The van der Waals surface area contributed by atoms with E-state index in [1.54, 1.807) is 18.2 Å². The van der Waals surface area contributed by atoms with Crippen LogP contribution >= 0.6 is 34.8 Å². The third-order valence-electron chi connectivity index (χ3n) is 2.10. The maximum absolute atomic E-state index is 8.98. The molecule has 0 radical (unpaired) electrons. The van der Waals surface area contributed by atoms with Crippen molar-refractivity contribution in [1.82, 2.24) is 9.97 Å². The van der Waals surface area contributed by atoms with Crippen LogP contribution in [0.2, 0.25) is 15.2 Å². The van der Waals surface area contributed by atoms with Gasteiger partial charge in [-0.15, -0.1) is 0 Å². The van der Waals surface area contributed by atoms with E-state index in [4.69, 9.17) is 40.1 Å². The van der Waals surface area contributed by atoms with Gasteiger partial charge in [0.25, 0.3) is 0 Å². The van der Waals surface area contributed by atoms with Crippen LogP contribution in [0.5, 0.6) is 0 Å². The predicted molar refractivity (Wildman–Crippen MR) is 71.5 cm³/mol. The molecule has 0 fully saturated rings. The van der Waals surface area contributed by atoms with E-state index >= 15 is 0 Å². The van der Waals surface area contributed by atoms with Crippen molar-refractivity contribution < 1.29 is 0 Å². The van der Waals surface area contributed by atoms with Crippen LogP contribution in [0, 0.1) is 11.3 Å². The first-order chi connectivity index (χ1) is 8.61. The van der Waals surface area contributed by atoms with Crippen molar-refractivity contribution in [2.45, 2.75) is 0 Å². The molecule has 2 rings (SSSR count). The van der Waals surface area contributed by atoms with Crippen molar-refractivity contribution in [2.24, 2.45) is 0 Å². The predicted octanol–water partition coefficient (Wildman–Crippen LogP) is 4.05. The molecule has 0 bridgehead atoms. The number of aromatic nitrogens is 2. The third-order valence-corrected chi connectivity index (χ3v) is 2.93. The van der Waals surface area contributed by atoms with Gasteiger partial charge in [-0.2, -0.15) is 5.26 Å². The van der Waals surface area contributed by atoms with Crippen molar-refractivity contribution in [1.29, 1.82) is 5.26 Å². The van der Waals surface area contributed by atoms with E-state index in [2.05, 4.69) is 15.3 Å². The van der Waals surface area contributed by atoms with Crippen LogP contribution in [-0.4, -0.2) is 9.97 Å². The molecule has 0 aliphatic carbocycles. The van der Waals surface area contributed by atoms with Crippen LogP contribution in [0.25, 0.3) is 0 Å². The van der Waals surface area contributed by atoms with E-state index in [9.17, 15) is 0 Å². The van der Waals surface area contributed by atoms with Gasteiger partial charge >= 0.3 is 0 Å². The van der Waals surface area contributed by atoms with Crippen molar-refractivity contribution in [3.05, 3.63) is 45.3 Å². The highest BCUT2D eigenvalue weighted by Gasteiger charge is 2.10. The van der Waals surface area contributed by atoms with E-state index in [0.29, 0.717) is 21.6 Å². The minimum atomic E-state index is 0.0834. The molecule has 0 atom stereocenters. The van der Waals surface area contributed by atoms with Gasteiger partial charge in [0, 0.05) is 5.02 Å². The Balaban J connectivity index is 2.41. The van der Waals surface area contributed by atoms with Crippen LogP contribution < -0.4 is 5.32 Å². The van der Waals surface area contributed by atoms with Gasteiger partial charge in [-0.25, -0.2) is 9.97 Å². The molecule has 0 saturated heterocycles.